The third kappa shape index (κ3) is 2.87. The van der Waals surface area contributed by atoms with Crippen molar-refractivity contribution in [2.75, 3.05) is 11.6 Å². The first-order chi connectivity index (χ1) is 13.4. The van der Waals surface area contributed by atoms with Gasteiger partial charge in [-0.2, -0.15) is 19.6 Å². The summed E-state index contributed by atoms with van der Waals surface area (Å²) < 4.78 is 39.4. The maximum atomic E-state index is 13.8. The SMILES string of the molecule is CS(=O)(=O)c1nc(NCc2nc3c(F)cccc3[nH]2)n2ncc(C3CC3)c2n1. The van der Waals surface area contributed by atoms with E-state index in [0.717, 1.165) is 24.7 Å². The first-order valence-electron chi connectivity index (χ1n) is 8.73. The quantitative estimate of drug-likeness (QED) is 0.525. The van der Waals surface area contributed by atoms with Crippen LogP contribution in [-0.2, 0) is 16.4 Å². The second-order valence-corrected chi connectivity index (χ2v) is 8.79. The summed E-state index contributed by atoms with van der Waals surface area (Å²) >= 11 is 0. The van der Waals surface area contributed by atoms with Gasteiger partial charge in [0.2, 0.25) is 15.8 Å². The molecule has 4 aromatic rings. The molecule has 0 aliphatic heterocycles. The van der Waals surface area contributed by atoms with Gasteiger partial charge in [0.15, 0.2) is 11.5 Å². The van der Waals surface area contributed by atoms with Crippen LogP contribution in [0.4, 0.5) is 10.3 Å². The Kier molecular flexibility index (Phi) is 3.63. The number of sulfone groups is 1. The highest BCUT2D eigenvalue weighted by Gasteiger charge is 2.29. The summed E-state index contributed by atoms with van der Waals surface area (Å²) in [5.74, 6) is 0.663. The van der Waals surface area contributed by atoms with Gasteiger partial charge in [-0.15, -0.1) is 0 Å². The molecule has 5 rings (SSSR count). The van der Waals surface area contributed by atoms with Gasteiger partial charge in [-0.25, -0.2) is 17.8 Å². The number of nitrogens with zero attached hydrogens (tertiary/aromatic N) is 5. The second kappa shape index (κ2) is 5.96. The van der Waals surface area contributed by atoms with Crippen molar-refractivity contribution in [3.63, 3.8) is 0 Å². The van der Waals surface area contributed by atoms with Crippen LogP contribution in [0.2, 0.25) is 0 Å². The van der Waals surface area contributed by atoms with Crippen molar-refractivity contribution in [1.29, 1.82) is 0 Å². The van der Waals surface area contributed by atoms with Gasteiger partial charge in [0.1, 0.15) is 11.3 Å². The highest BCUT2D eigenvalue weighted by Crippen LogP contribution is 2.41. The summed E-state index contributed by atoms with van der Waals surface area (Å²) in [4.78, 5) is 15.6. The molecule has 0 radical (unpaired) electrons. The number of hydrogen-bond acceptors (Lipinski definition) is 7. The normalized spacial score (nSPS) is 14.8. The Morgan fingerprint density at radius 1 is 1.29 bits per heavy atom. The highest BCUT2D eigenvalue weighted by molar-refractivity contribution is 7.90. The molecule has 0 saturated heterocycles. The lowest BCUT2D eigenvalue weighted by molar-refractivity contribution is 0.592. The second-order valence-electron chi connectivity index (χ2n) is 6.88. The van der Waals surface area contributed by atoms with Crippen LogP contribution in [0.3, 0.4) is 0 Å². The molecule has 2 N–H and O–H groups in total. The Labute approximate surface area is 159 Å². The summed E-state index contributed by atoms with van der Waals surface area (Å²) in [7, 11) is -3.60. The zero-order chi connectivity index (χ0) is 19.5. The number of halogens is 1. The fourth-order valence-electron chi connectivity index (χ4n) is 3.13. The van der Waals surface area contributed by atoms with Crippen LogP contribution in [0.25, 0.3) is 16.7 Å². The first kappa shape index (κ1) is 17.0. The van der Waals surface area contributed by atoms with E-state index in [9.17, 15) is 12.8 Å². The Morgan fingerprint density at radius 2 is 2.11 bits per heavy atom. The predicted molar refractivity (Wildman–Crippen MR) is 99.2 cm³/mol. The van der Waals surface area contributed by atoms with Crippen molar-refractivity contribution < 1.29 is 12.8 Å². The van der Waals surface area contributed by atoms with Crippen LogP contribution < -0.4 is 5.32 Å². The zero-order valence-corrected chi connectivity index (χ0v) is 15.7. The lowest BCUT2D eigenvalue weighted by Crippen LogP contribution is -2.14. The van der Waals surface area contributed by atoms with E-state index >= 15 is 0 Å². The van der Waals surface area contributed by atoms with Crippen molar-refractivity contribution in [3.8, 4) is 0 Å². The van der Waals surface area contributed by atoms with Crippen LogP contribution in [0.15, 0.2) is 29.6 Å². The molecule has 9 nitrogen and oxygen atoms in total. The molecule has 144 valence electrons. The van der Waals surface area contributed by atoms with E-state index in [-0.39, 0.29) is 23.2 Å². The molecule has 0 spiro atoms. The summed E-state index contributed by atoms with van der Waals surface area (Å²) in [6.45, 7) is 0.183. The topological polar surface area (TPSA) is 118 Å². The summed E-state index contributed by atoms with van der Waals surface area (Å²) in [5, 5.41) is 7.09. The van der Waals surface area contributed by atoms with Gasteiger partial charge < -0.3 is 10.3 Å². The number of fused-ring (bicyclic) bond motifs is 2. The number of hydrogen-bond donors (Lipinski definition) is 2. The Balaban J connectivity index is 1.54. The van der Waals surface area contributed by atoms with Gasteiger partial charge in [-0.05, 0) is 30.9 Å². The number of H-pyrrole nitrogens is 1. The van der Waals surface area contributed by atoms with E-state index in [1.54, 1.807) is 18.3 Å². The Bertz CT molecular complexity index is 1320. The number of aromatic nitrogens is 6. The van der Waals surface area contributed by atoms with Crippen molar-refractivity contribution in [1.82, 2.24) is 29.5 Å². The molecular weight excluding hydrogens is 385 g/mol. The van der Waals surface area contributed by atoms with Gasteiger partial charge in [-0.3, -0.25) is 0 Å². The van der Waals surface area contributed by atoms with Crippen molar-refractivity contribution in [2.24, 2.45) is 0 Å². The molecule has 0 bridgehead atoms. The zero-order valence-electron chi connectivity index (χ0n) is 14.8. The molecule has 1 saturated carbocycles. The van der Waals surface area contributed by atoms with Crippen LogP contribution >= 0.6 is 0 Å². The smallest absolute Gasteiger partial charge is 0.252 e. The predicted octanol–water partition coefficient (Wildman–Crippen LogP) is 2.03. The van der Waals surface area contributed by atoms with E-state index in [2.05, 4.69) is 30.4 Å². The van der Waals surface area contributed by atoms with Crippen molar-refractivity contribution in [3.05, 3.63) is 41.6 Å². The fourth-order valence-corrected chi connectivity index (χ4v) is 3.64. The summed E-state index contributed by atoms with van der Waals surface area (Å²) in [6, 6.07) is 4.67. The average Bonchev–Trinajstić information content (AvgIpc) is 3.25. The average molecular weight is 401 g/mol. The number of para-hydroxylation sites is 1. The van der Waals surface area contributed by atoms with Crippen molar-refractivity contribution >= 4 is 32.5 Å². The minimum Gasteiger partial charge on any atom is -0.347 e. The van der Waals surface area contributed by atoms with E-state index < -0.39 is 15.7 Å². The van der Waals surface area contributed by atoms with E-state index in [4.69, 9.17) is 0 Å². The molecule has 0 unspecified atom stereocenters. The van der Waals surface area contributed by atoms with Crippen LogP contribution in [-0.4, -0.2) is 44.2 Å². The molecule has 1 aliphatic carbocycles. The largest absolute Gasteiger partial charge is 0.347 e. The molecule has 0 amide bonds. The summed E-state index contributed by atoms with van der Waals surface area (Å²) in [5.41, 5.74) is 2.23. The number of imidazole rings is 1. The maximum Gasteiger partial charge on any atom is 0.252 e. The van der Waals surface area contributed by atoms with E-state index in [1.165, 1.54) is 10.6 Å². The lowest BCUT2D eigenvalue weighted by Gasteiger charge is -2.08. The Hall–Kier alpha value is -3.08. The standard InChI is InChI=1S/C17H16FN7O2S/c1-28(26,27)17-23-15-10(9-5-6-9)7-20-25(15)16(24-17)19-8-13-21-12-4-2-3-11(18)14(12)22-13/h2-4,7,9H,5-6,8H2,1H3,(H,21,22)(H,19,23,24). The van der Waals surface area contributed by atoms with E-state index in [1.807, 2.05) is 0 Å². The molecule has 11 heteroatoms. The molecule has 0 atom stereocenters. The molecule has 3 heterocycles. The number of benzene rings is 1. The van der Waals surface area contributed by atoms with Gasteiger partial charge in [-0.1, -0.05) is 6.07 Å². The van der Waals surface area contributed by atoms with E-state index in [0.29, 0.717) is 22.9 Å². The highest BCUT2D eigenvalue weighted by atomic mass is 32.2. The van der Waals surface area contributed by atoms with Gasteiger partial charge in [0.25, 0.3) is 5.16 Å². The van der Waals surface area contributed by atoms with Crippen LogP contribution in [0.5, 0.6) is 0 Å². The maximum absolute atomic E-state index is 13.8. The molecule has 1 aromatic carbocycles. The van der Waals surface area contributed by atoms with Gasteiger partial charge in [0, 0.05) is 11.8 Å². The summed E-state index contributed by atoms with van der Waals surface area (Å²) in [6.07, 6.45) is 4.84. The lowest BCUT2D eigenvalue weighted by atomic mass is 10.2. The fraction of sp³-hybridized carbons (Fsp3) is 0.294. The van der Waals surface area contributed by atoms with Crippen LogP contribution in [0.1, 0.15) is 30.1 Å². The molecule has 1 aliphatic rings. The van der Waals surface area contributed by atoms with Gasteiger partial charge >= 0.3 is 0 Å². The minimum atomic E-state index is -3.60. The number of rotatable bonds is 5. The molecule has 1 fully saturated rings. The van der Waals surface area contributed by atoms with Gasteiger partial charge in [0.05, 0.1) is 18.3 Å². The van der Waals surface area contributed by atoms with Crippen molar-refractivity contribution in [2.45, 2.75) is 30.5 Å². The third-order valence-electron chi connectivity index (χ3n) is 4.65. The molecular formula is C17H16FN7O2S. The number of aromatic amines is 1. The third-order valence-corrected chi connectivity index (χ3v) is 5.50. The number of nitrogens with one attached hydrogen (secondary N) is 2. The molecule has 3 aromatic heterocycles. The number of anilines is 1. The first-order valence-corrected chi connectivity index (χ1v) is 10.6. The molecule has 28 heavy (non-hydrogen) atoms. The van der Waals surface area contributed by atoms with Crippen LogP contribution in [0, 0.1) is 5.82 Å². The minimum absolute atomic E-state index is 0.183. The monoisotopic (exact) mass is 401 g/mol. The Morgan fingerprint density at radius 3 is 2.82 bits per heavy atom.